The lowest BCUT2D eigenvalue weighted by molar-refractivity contribution is 0.626. The van der Waals surface area contributed by atoms with Crippen LogP contribution in [-0.4, -0.2) is 0 Å². The Morgan fingerprint density at radius 3 is 0.778 bits per heavy atom. The zero-order valence-electron chi connectivity index (χ0n) is 15.8. The van der Waals surface area contributed by atoms with Gasteiger partial charge in [0, 0.05) is 0 Å². The molecule has 0 aromatic rings. The van der Waals surface area contributed by atoms with Crippen molar-refractivity contribution in [2.45, 2.75) is 115 Å². The van der Waals surface area contributed by atoms with Gasteiger partial charge in [-0.1, -0.05) is 115 Å². The van der Waals surface area contributed by atoms with Crippen molar-refractivity contribution in [3.8, 4) is 0 Å². The molecule has 0 atom stereocenters. The molecule has 0 aromatic carbocycles. The van der Waals surface area contributed by atoms with Gasteiger partial charge in [0.2, 0.25) is 0 Å². The molecule has 0 heteroatoms. The maximum atomic E-state index is 2.22. The fourth-order valence-electron chi connectivity index (χ4n) is 0.354. The fraction of sp³-hybridized carbons (Fsp3) is 1.00. The predicted octanol–water partition coefficient (Wildman–Crippen LogP) is 8.11. The molecule has 0 aliphatic rings. The molecule has 118 valence electrons. The Kier molecular flexibility index (Phi) is 91.9. The van der Waals surface area contributed by atoms with Crippen LogP contribution < -0.4 is 0 Å². The van der Waals surface area contributed by atoms with Crippen molar-refractivity contribution in [1.82, 2.24) is 0 Å². The molecule has 0 amide bonds. The highest BCUT2D eigenvalue weighted by atomic mass is 13.9. The second-order valence-corrected chi connectivity index (χ2v) is 4.16. The lowest BCUT2D eigenvalue weighted by Crippen LogP contribution is -1.77. The van der Waals surface area contributed by atoms with Crippen LogP contribution in [-0.2, 0) is 0 Å². The minimum atomic E-state index is 0.884. The highest BCUT2D eigenvalue weighted by molar-refractivity contribution is 4.32. The molecule has 18 heavy (non-hydrogen) atoms. The molecule has 0 nitrogen and oxygen atoms in total. The minimum absolute atomic E-state index is 0.884. The van der Waals surface area contributed by atoms with Gasteiger partial charge in [0.25, 0.3) is 0 Å². The molecule has 0 N–H and O–H groups in total. The normalized spacial score (nSPS) is 7.33. The van der Waals surface area contributed by atoms with E-state index in [2.05, 4.69) is 48.5 Å². The summed E-state index contributed by atoms with van der Waals surface area (Å²) in [5.74, 6) is 0.884. The third kappa shape index (κ3) is 144. The van der Waals surface area contributed by atoms with Crippen molar-refractivity contribution in [2.24, 2.45) is 5.92 Å². The van der Waals surface area contributed by atoms with Gasteiger partial charge in [0.15, 0.2) is 0 Å². The molecule has 0 radical (unpaired) electrons. The monoisotopic (exact) mass is 262 g/mol. The van der Waals surface area contributed by atoms with E-state index in [1.807, 2.05) is 27.7 Å². The third-order valence-electron chi connectivity index (χ3n) is 2.02. The molecule has 0 aliphatic heterocycles. The van der Waals surface area contributed by atoms with E-state index in [0.29, 0.717) is 0 Å². The molecule has 0 unspecified atom stereocenters. The molecule has 0 rings (SSSR count). The van der Waals surface area contributed by atoms with Crippen LogP contribution >= 0.6 is 0 Å². The highest BCUT2D eigenvalue weighted by Gasteiger charge is 1.80. The van der Waals surface area contributed by atoms with E-state index in [4.69, 9.17) is 0 Å². The molecule has 0 aromatic heterocycles. The average molecular weight is 263 g/mol. The van der Waals surface area contributed by atoms with Crippen LogP contribution in [0, 0.1) is 5.92 Å². The maximum absolute atomic E-state index is 2.22. The van der Waals surface area contributed by atoms with Crippen LogP contribution in [0.3, 0.4) is 0 Å². The summed E-state index contributed by atoms with van der Waals surface area (Å²) in [4.78, 5) is 0. The van der Waals surface area contributed by atoms with E-state index in [1.165, 1.54) is 38.5 Å². The first-order chi connectivity index (χ1) is 8.60. The summed E-state index contributed by atoms with van der Waals surface area (Å²) >= 11 is 0. The lowest BCUT2D eigenvalue weighted by atomic mass is 10.2. The first-order valence-electron chi connectivity index (χ1n) is 8.60. The summed E-state index contributed by atoms with van der Waals surface area (Å²) in [5, 5.41) is 0. The van der Waals surface area contributed by atoms with Gasteiger partial charge < -0.3 is 0 Å². The Hall–Kier alpha value is 0. The summed E-state index contributed by atoms with van der Waals surface area (Å²) in [6, 6.07) is 0. The van der Waals surface area contributed by atoms with Crippen LogP contribution in [0.25, 0.3) is 0 Å². The topological polar surface area (TPSA) is 0 Å². The molecular formula is C18H46. The zero-order chi connectivity index (χ0) is 15.8. The first-order valence-corrected chi connectivity index (χ1v) is 8.60. The second-order valence-electron chi connectivity index (χ2n) is 4.16. The van der Waals surface area contributed by atoms with E-state index in [0.717, 1.165) is 5.92 Å². The van der Waals surface area contributed by atoms with Crippen LogP contribution in [0.15, 0.2) is 0 Å². The predicted molar refractivity (Wildman–Crippen MR) is 93.6 cm³/mol. The Bertz CT molecular complexity index is 51.1. The van der Waals surface area contributed by atoms with Crippen LogP contribution in [0.1, 0.15) is 115 Å². The van der Waals surface area contributed by atoms with Crippen molar-refractivity contribution in [2.75, 3.05) is 0 Å². The molecule has 0 saturated heterocycles. The standard InChI is InChI=1S/2C5H12.C4H10.2C2H6/c1-4-5(2)3;1-3-5-4-2;1-3-4-2;2*1-2/h5H,4H2,1-3H3;3-5H2,1-2H3;3-4H2,1-2H3;2*1-2H3. The first kappa shape index (κ1) is 30.8. The number of unbranched alkanes of at least 4 members (excludes halogenated alkanes) is 3. The van der Waals surface area contributed by atoms with Gasteiger partial charge in [0.05, 0.1) is 0 Å². The van der Waals surface area contributed by atoms with Gasteiger partial charge in [0.1, 0.15) is 0 Å². The third-order valence-corrected chi connectivity index (χ3v) is 2.02. The van der Waals surface area contributed by atoms with Crippen molar-refractivity contribution in [1.29, 1.82) is 0 Å². The van der Waals surface area contributed by atoms with Crippen molar-refractivity contribution < 1.29 is 0 Å². The molecular weight excluding hydrogens is 216 g/mol. The fourth-order valence-corrected chi connectivity index (χ4v) is 0.354. The number of rotatable bonds is 4. The van der Waals surface area contributed by atoms with Crippen molar-refractivity contribution >= 4 is 0 Å². The largest absolute Gasteiger partial charge is 0.0683 e. The van der Waals surface area contributed by atoms with Crippen LogP contribution in [0.5, 0.6) is 0 Å². The Labute approximate surface area is 121 Å². The average Bonchev–Trinajstić information content (AvgIpc) is 2.45. The Morgan fingerprint density at radius 2 is 0.778 bits per heavy atom. The van der Waals surface area contributed by atoms with E-state index in [9.17, 15) is 0 Å². The summed E-state index contributed by atoms with van der Waals surface area (Å²) in [7, 11) is 0. The van der Waals surface area contributed by atoms with Gasteiger partial charge >= 0.3 is 0 Å². The quantitative estimate of drug-likeness (QED) is 0.480. The minimum Gasteiger partial charge on any atom is -0.0683 e. The van der Waals surface area contributed by atoms with E-state index < -0.39 is 0 Å². The van der Waals surface area contributed by atoms with Crippen LogP contribution in [0.4, 0.5) is 0 Å². The molecule has 0 bridgehead atoms. The lowest BCUT2D eigenvalue weighted by Gasteiger charge is -1.90. The van der Waals surface area contributed by atoms with E-state index in [-0.39, 0.29) is 0 Å². The highest BCUT2D eigenvalue weighted by Crippen LogP contribution is 1.93. The van der Waals surface area contributed by atoms with Gasteiger partial charge in [-0.25, -0.2) is 0 Å². The summed E-state index contributed by atoms with van der Waals surface area (Å²) < 4.78 is 0. The van der Waals surface area contributed by atoms with E-state index in [1.54, 1.807) is 0 Å². The van der Waals surface area contributed by atoms with Gasteiger partial charge in [-0.15, -0.1) is 0 Å². The molecule has 0 heterocycles. The van der Waals surface area contributed by atoms with Gasteiger partial charge in [-0.3, -0.25) is 0 Å². The van der Waals surface area contributed by atoms with E-state index >= 15 is 0 Å². The molecule has 0 spiro atoms. The summed E-state index contributed by atoms with van der Waals surface area (Å²) in [5.41, 5.74) is 0. The van der Waals surface area contributed by atoms with Crippen molar-refractivity contribution in [3.63, 3.8) is 0 Å². The molecule has 0 fully saturated rings. The Balaban J connectivity index is -0.0000000414. The number of hydrogen-bond donors (Lipinski definition) is 0. The molecule has 0 saturated carbocycles. The van der Waals surface area contributed by atoms with Gasteiger partial charge in [-0.2, -0.15) is 0 Å². The SMILES string of the molecule is CC.CC.CCC(C)C.CCCC.CCCCC. The summed E-state index contributed by atoms with van der Waals surface area (Å²) in [6.07, 6.45) is 8.02. The van der Waals surface area contributed by atoms with Crippen molar-refractivity contribution in [3.05, 3.63) is 0 Å². The maximum Gasteiger partial charge on any atom is -0.0474 e. The molecule has 0 aliphatic carbocycles. The Morgan fingerprint density at radius 1 is 0.556 bits per heavy atom. The smallest absolute Gasteiger partial charge is 0.0474 e. The summed E-state index contributed by atoms with van der Waals surface area (Å²) in [6.45, 7) is 23.4. The second kappa shape index (κ2) is 53.7. The zero-order valence-corrected chi connectivity index (χ0v) is 15.8. The van der Waals surface area contributed by atoms with Crippen LogP contribution in [0.2, 0.25) is 0 Å². The van der Waals surface area contributed by atoms with Gasteiger partial charge in [-0.05, 0) is 5.92 Å². The number of hydrogen-bond acceptors (Lipinski definition) is 0.